The van der Waals surface area contributed by atoms with Crippen molar-refractivity contribution in [2.24, 2.45) is 0 Å². The molecule has 128 valence electrons. The van der Waals surface area contributed by atoms with Crippen LogP contribution in [0.4, 0.5) is 5.69 Å². The molecule has 0 fully saturated rings. The van der Waals surface area contributed by atoms with Gasteiger partial charge >= 0.3 is 0 Å². The second-order valence-corrected chi connectivity index (χ2v) is 7.24. The predicted molar refractivity (Wildman–Crippen MR) is 105 cm³/mol. The molecule has 25 heavy (non-hydrogen) atoms. The molecule has 1 amide bonds. The smallest absolute Gasteiger partial charge is 0.272 e. The molecule has 5 nitrogen and oxygen atoms in total. The van der Waals surface area contributed by atoms with Gasteiger partial charge in [0.25, 0.3) is 5.56 Å². The van der Waals surface area contributed by atoms with E-state index in [4.69, 9.17) is 0 Å². The first kappa shape index (κ1) is 17.4. The van der Waals surface area contributed by atoms with Gasteiger partial charge in [-0.05, 0) is 30.0 Å². The number of benzene rings is 1. The Morgan fingerprint density at radius 1 is 1.40 bits per heavy atom. The van der Waals surface area contributed by atoms with Crippen molar-refractivity contribution in [3.05, 3.63) is 64.3 Å². The Balaban J connectivity index is 1.79. The van der Waals surface area contributed by atoms with Crippen LogP contribution in [0.5, 0.6) is 0 Å². The zero-order chi connectivity index (χ0) is 17.8. The quantitative estimate of drug-likeness (QED) is 0.408. The fourth-order valence-electron chi connectivity index (χ4n) is 2.35. The van der Waals surface area contributed by atoms with Gasteiger partial charge < -0.3 is 5.32 Å². The number of hydrogen-bond donors (Lipinski definition) is 1. The number of hydrogen-bond acceptors (Lipinski definition) is 5. The van der Waals surface area contributed by atoms with Crippen LogP contribution in [0, 0.1) is 6.92 Å². The molecule has 0 spiro atoms. The van der Waals surface area contributed by atoms with Crippen molar-refractivity contribution in [2.75, 3.05) is 11.1 Å². The number of aromatic nitrogens is 2. The highest BCUT2D eigenvalue weighted by molar-refractivity contribution is 7.99. The van der Waals surface area contributed by atoms with E-state index in [1.807, 2.05) is 42.6 Å². The molecule has 0 aliphatic heterocycles. The molecule has 2 aromatic heterocycles. The first-order valence-corrected chi connectivity index (χ1v) is 9.54. The first-order chi connectivity index (χ1) is 12.1. The summed E-state index contributed by atoms with van der Waals surface area (Å²) in [5.74, 6) is 0.0391. The molecular formula is C18H17N3O2S2. The predicted octanol–water partition coefficient (Wildman–Crippen LogP) is 3.68. The topological polar surface area (TPSA) is 64.0 Å². The number of nitrogens with zero attached hydrogens (tertiary/aromatic N) is 2. The molecule has 1 N–H and O–H groups in total. The summed E-state index contributed by atoms with van der Waals surface area (Å²) in [6, 6.07) is 9.42. The number of aryl methyl sites for hydroxylation is 1. The lowest BCUT2D eigenvalue weighted by Gasteiger charge is -2.11. The standard InChI is InChI=1S/C18H17N3O2S2/c1-3-9-21-17(23)16-14(8-10-24-16)20-18(21)25-11-15(22)19-13-7-5-4-6-12(13)2/h3-8,10H,1,9,11H2,2H3,(H,19,22). The summed E-state index contributed by atoms with van der Waals surface area (Å²) < 4.78 is 2.17. The maximum atomic E-state index is 12.6. The summed E-state index contributed by atoms with van der Waals surface area (Å²) in [5, 5.41) is 5.25. The average molecular weight is 371 g/mol. The molecule has 1 aromatic carbocycles. The first-order valence-electron chi connectivity index (χ1n) is 7.67. The zero-order valence-corrected chi connectivity index (χ0v) is 15.3. The van der Waals surface area contributed by atoms with Crippen LogP contribution in [0.15, 0.2) is 58.3 Å². The molecule has 0 radical (unpaired) electrons. The fraction of sp³-hybridized carbons (Fsp3) is 0.167. The van der Waals surface area contributed by atoms with Gasteiger partial charge in [-0.25, -0.2) is 4.98 Å². The largest absolute Gasteiger partial charge is 0.325 e. The van der Waals surface area contributed by atoms with Gasteiger partial charge in [0.15, 0.2) is 5.16 Å². The van der Waals surface area contributed by atoms with E-state index in [1.54, 1.807) is 10.6 Å². The van der Waals surface area contributed by atoms with Crippen molar-refractivity contribution in [3.8, 4) is 0 Å². The molecule has 0 atom stereocenters. The monoisotopic (exact) mass is 371 g/mol. The maximum absolute atomic E-state index is 12.6. The Labute approximate surface area is 153 Å². The molecule has 0 unspecified atom stereocenters. The van der Waals surface area contributed by atoms with Crippen LogP contribution in [0.3, 0.4) is 0 Å². The van der Waals surface area contributed by atoms with Gasteiger partial charge in [-0.2, -0.15) is 0 Å². The van der Waals surface area contributed by atoms with E-state index >= 15 is 0 Å². The molecule has 0 aliphatic rings. The Hall–Kier alpha value is -2.38. The summed E-state index contributed by atoms with van der Waals surface area (Å²) in [7, 11) is 0. The van der Waals surface area contributed by atoms with E-state index in [1.165, 1.54) is 23.1 Å². The van der Waals surface area contributed by atoms with Gasteiger partial charge in [0, 0.05) is 12.2 Å². The summed E-state index contributed by atoms with van der Waals surface area (Å²) in [5.41, 5.74) is 2.36. The van der Waals surface area contributed by atoms with Crippen LogP contribution in [0.2, 0.25) is 0 Å². The normalized spacial score (nSPS) is 10.8. The van der Waals surface area contributed by atoms with E-state index in [0.717, 1.165) is 11.3 Å². The summed E-state index contributed by atoms with van der Waals surface area (Å²) >= 11 is 2.62. The lowest BCUT2D eigenvalue weighted by Crippen LogP contribution is -2.23. The third kappa shape index (κ3) is 3.83. The number of thioether (sulfide) groups is 1. The van der Waals surface area contributed by atoms with Gasteiger partial charge in [-0.15, -0.1) is 17.9 Å². The molecule has 0 bridgehead atoms. The molecule has 2 heterocycles. The van der Waals surface area contributed by atoms with Crippen LogP contribution in [-0.2, 0) is 11.3 Å². The average Bonchev–Trinajstić information content (AvgIpc) is 3.07. The fourth-order valence-corrected chi connectivity index (χ4v) is 3.94. The summed E-state index contributed by atoms with van der Waals surface area (Å²) in [6.45, 7) is 6.00. The summed E-state index contributed by atoms with van der Waals surface area (Å²) in [4.78, 5) is 29.3. The molecule has 0 saturated carbocycles. The summed E-state index contributed by atoms with van der Waals surface area (Å²) in [6.07, 6.45) is 1.65. The Bertz CT molecular complexity index is 991. The number of anilines is 1. The van der Waals surface area contributed by atoms with Crippen molar-refractivity contribution in [1.29, 1.82) is 0 Å². The number of carbonyl (C=O) groups excluding carboxylic acids is 1. The second kappa shape index (κ2) is 7.67. The van der Waals surface area contributed by atoms with Gasteiger partial charge in [0.2, 0.25) is 5.91 Å². The van der Waals surface area contributed by atoms with E-state index in [9.17, 15) is 9.59 Å². The van der Waals surface area contributed by atoms with Gasteiger partial charge in [-0.1, -0.05) is 36.0 Å². The molecule has 3 rings (SSSR count). The number of fused-ring (bicyclic) bond motifs is 1. The van der Waals surface area contributed by atoms with Crippen molar-refractivity contribution >= 4 is 44.9 Å². The number of nitrogens with one attached hydrogen (secondary N) is 1. The van der Waals surface area contributed by atoms with Crippen molar-refractivity contribution < 1.29 is 4.79 Å². The number of para-hydroxylation sites is 1. The van der Waals surface area contributed by atoms with Crippen LogP contribution in [0.25, 0.3) is 10.2 Å². The molecule has 0 aliphatic carbocycles. The zero-order valence-electron chi connectivity index (χ0n) is 13.7. The molecule has 0 saturated heterocycles. The van der Waals surface area contributed by atoms with Gasteiger partial charge in [0.1, 0.15) is 4.70 Å². The van der Waals surface area contributed by atoms with Crippen LogP contribution < -0.4 is 10.9 Å². The highest BCUT2D eigenvalue weighted by atomic mass is 32.2. The Kier molecular flexibility index (Phi) is 5.35. The van der Waals surface area contributed by atoms with Crippen LogP contribution in [0.1, 0.15) is 5.56 Å². The Morgan fingerprint density at radius 2 is 2.20 bits per heavy atom. The number of allylic oxidation sites excluding steroid dienone is 1. The minimum absolute atomic E-state index is 0.0956. The van der Waals surface area contributed by atoms with E-state index in [2.05, 4.69) is 16.9 Å². The number of rotatable bonds is 6. The minimum atomic E-state index is -0.135. The lowest BCUT2D eigenvalue weighted by molar-refractivity contribution is -0.113. The van der Waals surface area contributed by atoms with Crippen molar-refractivity contribution in [3.63, 3.8) is 0 Å². The van der Waals surface area contributed by atoms with Crippen LogP contribution >= 0.6 is 23.1 Å². The molecule has 3 aromatic rings. The number of amides is 1. The number of thiophene rings is 1. The third-order valence-corrected chi connectivity index (χ3v) is 5.46. The Morgan fingerprint density at radius 3 is 2.96 bits per heavy atom. The van der Waals surface area contributed by atoms with E-state index in [-0.39, 0.29) is 17.2 Å². The highest BCUT2D eigenvalue weighted by Crippen LogP contribution is 2.21. The van der Waals surface area contributed by atoms with Gasteiger partial charge in [-0.3, -0.25) is 14.2 Å². The lowest BCUT2D eigenvalue weighted by atomic mass is 10.2. The van der Waals surface area contributed by atoms with E-state index < -0.39 is 0 Å². The highest BCUT2D eigenvalue weighted by Gasteiger charge is 2.13. The second-order valence-electron chi connectivity index (χ2n) is 5.39. The molecule has 7 heteroatoms. The van der Waals surface area contributed by atoms with E-state index in [0.29, 0.717) is 21.9 Å². The number of carbonyl (C=O) groups is 1. The van der Waals surface area contributed by atoms with Crippen LogP contribution in [-0.4, -0.2) is 21.2 Å². The van der Waals surface area contributed by atoms with Gasteiger partial charge in [0.05, 0.1) is 11.3 Å². The SMILES string of the molecule is C=CCn1c(SCC(=O)Nc2ccccc2C)nc2ccsc2c1=O. The van der Waals surface area contributed by atoms with Crippen molar-refractivity contribution in [2.45, 2.75) is 18.6 Å². The minimum Gasteiger partial charge on any atom is -0.325 e. The molecular weight excluding hydrogens is 354 g/mol. The van der Waals surface area contributed by atoms with Crippen molar-refractivity contribution in [1.82, 2.24) is 9.55 Å². The third-order valence-electron chi connectivity index (χ3n) is 3.59. The maximum Gasteiger partial charge on any atom is 0.272 e.